The standard InChI is InChI=1S/C20H25N5O4/c26-18(21-15-12-23-6-4-13(15)5-7-23)14-2-1-3-16-17(14)22-19(29-16)24-8-10-25(11-9-24)20(27)28/h1-3,13,15H,4-12H2,(H,21,26)(H,27,28). The highest BCUT2D eigenvalue weighted by atomic mass is 16.4. The quantitative estimate of drug-likeness (QED) is 0.805. The van der Waals surface area contributed by atoms with Crippen molar-refractivity contribution in [3.05, 3.63) is 23.8 Å². The fourth-order valence-corrected chi connectivity index (χ4v) is 4.72. The zero-order valence-corrected chi connectivity index (χ0v) is 16.2. The molecule has 9 heteroatoms. The Bertz CT molecular complexity index is 928. The lowest BCUT2D eigenvalue weighted by atomic mass is 9.84. The van der Waals surface area contributed by atoms with Crippen molar-refractivity contribution in [2.75, 3.05) is 50.7 Å². The number of hydrogen-bond donors (Lipinski definition) is 2. The number of carbonyl (C=O) groups excluding carboxylic acids is 1. The maximum absolute atomic E-state index is 13.0. The molecule has 29 heavy (non-hydrogen) atoms. The first-order chi connectivity index (χ1) is 14.1. The zero-order chi connectivity index (χ0) is 20.0. The summed E-state index contributed by atoms with van der Waals surface area (Å²) in [6.45, 7) is 5.02. The third-order valence-corrected chi connectivity index (χ3v) is 6.45. The third kappa shape index (κ3) is 3.39. The number of aromatic nitrogens is 1. The van der Waals surface area contributed by atoms with Crippen LogP contribution >= 0.6 is 0 Å². The van der Waals surface area contributed by atoms with Gasteiger partial charge in [0.25, 0.3) is 11.9 Å². The summed E-state index contributed by atoms with van der Waals surface area (Å²) in [6.07, 6.45) is 1.38. The zero-order valence-electron chi connectivity index (χ0n) is 16.2. The molecule has 0 spiro atoms. The highest BCUT2D eigenvalue weighted by molar-refractivity contribution is 6.04. The third-order valence-electron chi connectivity index (χ3n) is 6.45. The van der Waals surface area contributed by atoms with Gasteiger partial charge in [0.2, 0.25) is 0 Å². The van der Waals surface area contributed by atoms with Crippen LogP contribution in [-0.2, 0) is 0 Å². The molecule has 154 valence electrons. The molecule has 5 heterocycles. The van der Waals surface area contributed by atoms with Crippen molar-refractivity contribution in [1.82, 2.24) is 20.1 Å². The highest BCUT2D eigenvalue weighted by Gasteiger charge is 2.35. The van der Waals surface area contributed by atoms with Crippen LogP contribution in [-0.4, -0.2) is 83.7 Å². The Morgan fingerprint density at radius 2 is 1.86 bits per heavy atom. The van der Waals surface area contributed by atoms with Crippen molar-refractivity contribution >= 4 is 29.1 Å². The number of piperazine rings is 1. The van der Waals surface area contributed by atoms with Crippen LogP contribution in [0.25, 0.3) is 11.1 Å². The Labute approximate surface area is 168 Å². The lowest BCUT2D eigenvalue weighted by molar-refractivity contribution is 0.0621. The Kier molecular flexibility index (Phi) is 4.54. The molecule has 0 aliphatic carbocycles. The Hall–Kier alpha value is -2.81. The molecule has 4 fully saturated rings. The first kappa shape index (κ1) is 18.2. The molecule has 1 aromatic heterocycles. The molecular weight excluding hydrogens is 374 g/mol. The lowest BCUT2D eigenvalue weighted by Gasteiger charge is -2.44. The second-order valence-electron chi connectivity index (χ2n) is 8.12. The lowest BCUT2D eigenvalue weighted by Crippen LogP contribution is -2.57. The van der Waals surface area contributed by atoms with E-state index in [4.69, 9.17) is 9.52 Å². The van der Waals surface area contributed by atoms with Gasteiger partial charge in [-0.25, -0.2) is 4.79 Å². The van der Waals surface area contributed by atoms with Crippen LogP contribution in [0.5, 0.6) is 0 Å². The minimum Gasteiger partial charge on any atom is -0.465 e. The number of amides is 2. The average Bonchev–Trinajstić information content (AvgIpc) is 3.19. The van der Waals surface area contributed by atoms with Gasteiger partial charge < -0.3 is 29.5 Å². The van der Waals surface area contributed by atoms with E-state index in [-0.39, 0.29) is 11.9 Å². The van der Waals surface area contributed by atoms with E-state index >= 15 is 0 Å². The van der Waals surface area contributed by atoms with Gasteiger partial charge >= 0.3 is 6.09 Å². The van der Waals surface area contributed by atoms with E-state index in [1.54, 1.807) is 6.07 Å². The molecular formula is C20H25N5O4. The molecule has 0 saturated carbocycles. The molecule has 0 radical (unpaired) electrons. The SMILES string of the molecule is O=C(NC1CN2CCC1CC2)c1cccc2oc(N3CCN(C(=O)O)CC3)nc12. The average molecular weight is 399 g/mol. The van der Waals surface area contributed by atoms with E-state index in [0.717, 1.165) is 32.5 Å². The maximum atomic E-state index is 13.0. The van der Waals surface area contributed by atoms with Gasteiger partial charge in [0.05, 0.1) is 5.56 Å². The molecule has 1 atom stereocenters. The number of piperidine rings is 3. The highest BCUT2D eigenvalue weighted by Crippen LogP contribution is 2.29. The van der Waals surface area contributed by atoms with Crippen molar-refractivity contribution in [3.8, 4) is 0 Å². The number of rotatable bonds is 3. The molecule has 2 N–H and O–H groups in total. The monoisotopic (exact) mass is 399 g/mol. The Morgan fingerprint density at radius 1 is 1.10 bits per heavy atom. The number of nitrogens with zero attached hydrogens (tertiary/aromatic N) is 4. The molecule has 2 amide bonds. The number of anilines is 1. The largest absolute Gasteiger partial charge is 0.465 e. The summed E-state index contributed by atoms with van der Waals surface area (Å²) >= 11 is 0. The number of oxazole rings is 1. The van der Waals surface area contributed by atoms with Crippen LogP contribution in [0.1, 0.15) is 23.2 Å². The van der Waals surface area contributed by atoms with Gasteiger partial charge in [0.1, 0.15) is 5.52 Å². The van der Waals surface area contributed by atoms with Crippen LogP contribution < -0.4 is 10.2 Å². The van der Waals surface area contributed by atoms with Crippen molar-refractivity contribution in [3.63, 3.8) is 0 Å². The van der Waals surface area contributed by atoms with Crippen molar-refractivity contribution in [2.24, 2.45) is 5.92 Å². The predicted molar refractivity (Wildman–Crippen MR) is 106 cm³/mol. The Morgan fingerprint density at radius 3 is 2.52 bits per heavy atom. The molecule has 9 nitrogen and oxygen atoms in total. The Balaban J connectivity index is 1.34. The topological polar surface area (TPSA) is 102 Å². The molecule has 4 saturated heterocycles. The molecule has 4 aliphatic rings. The summed E-state index contributed by atoms with van der Waals surface area (Å²) in [7, 11) is 0. The van der Waals surface area contributed by atoms with Crippen LogP contribution in [0.3, 0.4) is 0 Å². The molecule has 2 aromatic rings. The van der Waals surface area contributed by atoms with Gasteiger partial charge in [0, 0.05) is 38.8 Å². The predicted octanol–water partition coefficient (Wildman–Crippen LogP) is 1.45. The minimum atomic E-state index is -0.908. The summed E-state index contributed by atoms with van der Waals surface area (Å²) in [5, 5.41) is 12.3. The van der Waals surface area contributed by atoms with Gasteiger partial charge in [-0.2, -0.15) is 4.98 Å². The summed E-state index contributed by atoms with van der Waals surface area (Å²) in [5.74, 6) is 0.450. The summed E-state index contributed by atoms with van der Waals surface area (Å²) in [4.78, 5) is 34.4. The summed E-state index contributed by atoms with van der Waals surface area (Å²) in [6, 6.07) is 6.03. The van der Waals surface area contributed by atoms with Gasteiger partial charge in [0.15, 0.2) is 5.58 Å². The van der Waals surface area contributed by atoms with E-state index in [0.29, 0.717) is 54.8 Å². The molecule has 1 aromatic carbocycles. The van der Waals surface area contributed by atoms with Crippen LogP contribution in [0, 0.1) is 5.92 Å². The molecule has 2 bridgehead atoms. The van der Waals surface area contributed by atoms with E-state index in [1.807, 2.05) is 17.0 Å². The fourth-order valence-electron chi connectivity index (χ4n) is 4.72. The van der Waals surface area contributed by atoms with Crippen LogP contribution in [0.4, 0.5) is 10.8 Å². The minimum absolute atomic E-state index is 0.107. The van der Waals surface area contributed by atoms with E-state index in [9.17, 15) is 9.59 Å². The van der Waals surface area contributed by atoms with Gasteiger partial charge in [-0.3, -0.25) is 4.79 Å². The molecule has 1 unspecified atom stereocenters. The molecule has 6 rings (SSSR count). The number of benzene rings is 1. The van der Waals surface area contributed by atoms with E-state index in [2.05, 4.69) is 15.2 Å². The first-order valence-electron chi connectivity index (χ1n) is 10.2. The van der Waals surface area contributed by atoms with Gasteiger partial charge in [-0.05, 0) is 44.0 Å². The second kappa shape index (κ2) is 7.22. The second-order valence-corrected chi connectivity index (χ2v) is 8.12. The number of carboxylic acid groups (broad SMARTS) is 1. The summed E-state index contributed by atoms with van der Waals surface area (Å²) in [5.41, 5.74) is 1.65. The van der Waals surface area contributed by atoms with Crippen molar-refractivity contribution in [1.29, 1.82) is 0 Å². The fraction of sp³-hybridized carbons (Fsp3) is 0.550. The first-order valence-corrected chi connectivity index (χ1v) is 10.2. The van der Waals surface area contributed by atoms with Gasteiger partial charge in [-0.15, -0.1) is 0 Å². The van der Waals surface area contributed by atoms with Crippen molar-refractivity contribution < 1.29 is 19.1 Å². The smallest absolute Gasteiger partial charge is 0.407 e. The van der Waals surface area contributed by atoms with Crippen LogP contribution in [0.2, 0.25) is 0 Å². The number of carbonyl (C=O) groups is 2. The summed E-state index contributed by atoms with van der Waals surface area (Å²) < 4.78 is 5.89. The molecule has 4 aliphatic heterocycles. The number of nitrogens with one attached hydrogen (secondary N) is 1. The number of hydrogen-bond acceptors (Lipinski definition) is 6. The van der Waals surface area contributed by atoms with Crippen molar-refractivity contribution in [2.45, 2.75) is 18.9 Å². The van der Waals surface area contributed by atoms with Crippen LogP contribution in [0.15, 0.2) is 22.6 Å². The van der Waals surface area contributed by atoms with E-state index in [1.165, 1.54) is 4.90 Å². The number of fused-ring (bicyclic) bond motifs is 4. The van der Waals surface area contributed by atoms with Gasteiger partial charge in [-0.1, -0.05) is 6.07 Å². The normalized spacial score (nSPS) is 26.7. The number of para-hydroxylation sites is 1. The maximum Gasteiger partial charge on any atom is 0.407 e. The van der Waals surface area contributed by atoms with E-state index < -0.39 is 6.09 Å².